The summed E-state index contributed by atoms with van der Waals surface area (Å²) < 4.78 is 0. The van der Waals surface area contributed by atoms with E-state index < -0.39 is 0 Å². The fraction of sp³-hybridized carbons (Fsp3) is 0.750. The Morgan fingerprint density at radius 1 is 1.27 bits per heavy atom. The molecule has 1 aromatic rings. The van der Waals surface area contributed by atoms with E-state index in [2.05, 4.69) is 10.3 Å². The molecule has 0 atom stereocenters. The van der Waals surface area contributed by atoms with Gasteiger partial charge >= 0.3 is 0 Å². The maximum atomic E-state index is 12.5. The van der Waals surface area contributed by atoms with Gasteiger partial charge in [-0.15, -0.1) is 23.7 Å². The third-order valence-electron chi connectivity index (χ3n) is 5.56. The lowest BCUT2D eigenvalue weighted by atomic mass is 9.53. The van der Waals surface area contributed by atoms with Crippen LogP contribution in [-0.4, -0.2) is 23.0 Å². The Bertz CT molecular complexity index is 524. The highest BCUT2D eigenvalue weighted by Crippen LogP contribution is 2.55. The van der Waals surface area contributed by atoms with Crippen LogP contribution in [0.25, 0.3) is 0 Å². The fourth-order valence-electron chi connectivity index (χ4n) is 5.22. The van der Waals surface area contributed by atoms with Crippen molar-refractivity contribution in [2.45, 2.75) is 50.5 Å². The Kier molecular flexibility index (Phi) is 4.49. The van der Waals surface area contributed by atoms with Crippen molar-refractivity contribution in [3.8, 4) is 0 Å². The van der Waals surface area contributed by atoms with Crippen LogP contribution in [0.4, 0.5) is 0 Å². The summed E-state index contributed by atoms with van der Waals surface area (Å²) in [4.78, 5) is 17.0. The van der Waals surface area contributed by atoms with Crippen LogP contribution < -0.4 is 11.1 Å². The van der Waals surface area contributed by atoms with Crippen LogP contribution in [0.2, 0.25) is 0 Å². The quantitative estimate of drug-likeness (QED) is 0.884. The number of halogens is 1. The largest absolute Gasteiger partial charge is 0.345 e. The van der Waals surface area contributed by atoms with Gasteiger partial charge < -0.3 is 11.1 Å². The van der Waals surface area contributed by atoms with Crippen molar-refractivity contribution in [1.82, 2.24) is 10.3 Å². The zero-order chi connectivity index (χ0) is 14.4. The van der Waals surface area contributed by atoms with Crippen molar-refractivity contribution in [2.75, 3.05) is 6.54 Å². The second kappa shape index (κ2) is 6.10. The molecule has 5 rings (SSSR count). The molecule has 0 spiro atoms. The molecular weight excluding hydrogens is 318 g/mol. The van der Waals surface area contributed by atoms with Gasteiger partial charge in [0.15, 0.2) is 0 Å². The van der Waals surface area contributed by atoms with Crippen LogP contribution in [0.3, 0.4) is 0 Å². The van der Waals surface area contributed by atoms with Crippen LogP contribution in [0.5, 0.6) is 0 Å². The summed E-state index contributed by atoms with van der Waals surface area (Å²) in [6.07, 6.45) is 8.50. The van der Waals surface area contributed by atoms with Crippen molar-refractivity contribution >= 4 is 29.7 Å². The number of amides is 1. The number of hydrogen-bond donors (Lipinski definition) is 2. The number of carbonyl (C=O) groups excluding carboxylic acids is 1. The van der Waals surface area contributed by atoms with Crippen molar-refractivity contribution in [3.63, 3.8) is 0 Å². The van der Waals surface area contributed by atoms with Crippen molar-refractivity contribution in [3.05, 3.63) is 16.1 Å². The van der Waals surface area contributed by atoms with Gasteiger partial charge in [-0.2, -0.15) is 0 Å². The molecule has 6 heteroatoms. The van der Waals surface area contributed by atoms with E-state index in [1.54, 1.807) is 11.3 Å². The predicted octanol–water partition coefficient (Wildman–Crippen LogP) is 2.76. The Hall–Kier alpha value is -0.650. The Morgan fingerprint density at radius 3 is 2.41 bits per heavy atom. The normalized spacial score (nSPS) is 35.2. The van der Waals surface area contributed by atoms with E-state index in [0.717, 1.165) is 29.2 Å². The minimum atomic E-state index is 0. The number of nitrogens with one attached hydrogen (secondary N) is 1. The van der Waals surface area contributed by atoms with E-state index in [1.165, 1.54) is 38.5 Å². The Morgan fingerprint density at radius 2 is 1.86 bits per heavy atom. The molecule has 1 amide bonds. The molecular formula is C16H24ClN3OS. The van der Waals surface area contributed by atoms with Crippen LogP contribution in [-0.2, 0) is 6.42 Å². The minimum absolute atomic E-state index is 0. The Labute approximate surface area is 141 Å². The SMILES string of the molecule is Cl.NCCc1nc(C(=O)NC23CC4CC(CC(C4)C2)C3)cs1. The number of carbonyl (C=O) groups is 1. The molecule has 3 N–H and O–H groups in total. The van der Waals surface area contributed by atoms with Gasteiger partial charge in [-0.05, 0) is 62.8 Å². The van der Waals surface area contributed by atoms with Crippen molar-refractivity contribution in [2.24, 2.45) is 23.5 Å². The highest BCUT2D eigenvalue weighted by atomic mass is 35.5. The van der Waals surface area contributed by atoms with Crippen LogP contribution >= 0.6 is 23.7 Å². The molecule has 122 valence electrons. The van der Waals surface area contributed by atoms with E-state index in [9.17, 15) is 4.79 Å². The number of aromatic nitrogens is 1. The fourth-order valence-corrected chi connectivity index (χ4v) is 6.02. The summed E-state index contributed by atoms with van der Waals surface area (Å²) in [6.45, 7) is 0.587. The lowest BCUT2D eigenvalue weighted by Crippen LogP contribution is -2.59. The molecule has 0 unspecified atom stereocenters. The third kappa shape index (κ3) is 2.91. The van der Waals surface area contributed by atoms with Gasteiger partial charge in [0.05, 0.1) is 5.01 Å². The molecule has 4 aliphatic rings. The van der Waals surface area contributed by atoms with Crippen molar-refractivity contribution in [1.29, 1.82) is 0 Å². The van der Waals surface area contributed by atoms with E-state index >= 15 is 0 Å². The molecule has 0 aliphatic heterocycles. The lowest BCUT2D eigenvalue weighted by Gasteiger charge is -2.56. The average Bonchev–Trinajstić information content (AvgIpc) is 2.85. The molecule has 1 heterocycles. The van der Waals surface area contributed by atoms with Gasteiger partial charge in [0.1, 0.15) is 5.69 Å². The molecule has 4 bridgehead atoms. The molecule has 4 nitrogen and oxygen atoms in total. The third-order valence-corrected chi connectivity index (χ3v) is 6.47. The van der Waals surface area contributed by atoms with E-state index in [4.69, 9.17) is 5.73 Å². The molecule has 4 saturated carbocycles. The second-order valence-corrected chi connectivity index (χ2v) is 8.26. The van der Waals surface area contributed by atoms with E-state index in [1.807, 2.05) is 5.38 Å². The van der Waals surface area contributed by atoms with Crippen molar-refractivity contribution < 1.29 is 4.79 Å². The van der Waals surface area contributed by atoms with Crippen LogP contribution in [0.1, 0.15) is 54.0 Å². The number of hydrogen-bond acceptors (Lipinski definition) is 4. The zero-order valence-electron chi connectivity index (χ0n) is 12.7. The molecule has 0 radical (unpaired) electrons. The molecule has 1 aromatic heterocycles. The summed E-state index contributed by atoms with van der Waals surface area (Å²) >= 11 is 1.54. The maximum Gasteiger partial charge on any atom is 0.271 e. The van der Waals surface area contributed by atoms with E-state index in [0.29, 0.717) is 12.2 Å². The first-order valence-electron chi connectivity index (χ1n) is 8.13. The van der Waals surface area contributed by atoms with E-state index in [-0.39, 0.29) is 23.9 Å². The summed E-state index contributed by atoms with van der Waals surface area (Å²) in [6, 6.07) is 0. The smallest absolute Gasteiger partial charge is 0.271 e. The lowest BCUT2D eigenvalue weighted by molar-refractivity contribution is -0.0167. The predicted molar refractivity (Wildman–Crippen MR) is 90.5 cm³/mol. The number of rotatable bonds is 4. The second-order valence-electron chi connectivity index (χ2n) is 7.32. The molecule has 4 aliphatic carbocycles. The summed E-state index contributed by atoms with van der Waals surface area (Å²) in [5.74, 6) is 2.57. The summed E-state index contributed by atoms with van der Waals surface area (Å²) in [7, 11) is 0. The highest BCUT2D eigenvalue weighted by molar-refractivity contribution is 7.09. The average molecular weight is 342 g/mol. The van der Waals surface area contributed by atoms with Gasteiger partial charge in [-0.3, -0.25) is 4.79 Å². The molecule has 4 fully saturated rings. The molecule has 0 aromatic carbocycles. The van der Waals surface area contributed by atoms with Gasteiger partial charge in [-0.1, -0.05) is 0 Å². The van der Waals surface area contributed by atoms with Crippen LogP contribution in [0, 0.1) is 17.8 Å². The number of nitrogens with two attached hydrogens (primary N) is 1. The zero-order valence-corrected chi connectivity index (χ0v) is 14.3. The summed E-state index contributed by atoms with van der Waals surface area (Å²) in [5.41, 5.74) is 6.20. The number of thiazole rings is 1. The van der Waals surface area contributed by atoms with Gasteiger partial charge in [0.25, 0.3) is 5.91 Å². The maximum absolute atomic E-state index is 12.5. The summed E-state index contributed by atoms with van der Waals surface area (Å²) in [5, 5.41) is 6.21. The topological polar surface area (TPSA) is 68.0 Å². The first-order valence-corrected chi connectivity index (χ1v) is 9.01. The Balaban J connectivity index is 0.00000144. The first-order chi connectivity index (χ1) is 10.2. The monoisotopic (exact) mass is 341 g/mol. The standard InChI is InChI=1S/C16H23N3OS.ClH/c17-2-1-14-18-13(9-21-14)15(20)19-16-6-10-3-11(7-16)5-12(4-10)8-16;/h9-12H,1-8,17H2,(H,19,20);1H. The van der Waals surface area contributed by atoms with Crippen LogP contribution in [0.15, 0.2) is 5.38 Å². The number of nitrogens with zero attached hydrogens (tertiary/aromatic N) is 1. The first kappa shape index (κ1) is 16.2. The molecule has 22 heavy (non-hydrogen) atoms. The minimum Gasteiger partial charge on any atom is -0.345 e. The van der Waals surface area contributed by atoms with Gasteiger partial charge in [0.2, 0.25) is 0 Å². The van der Waals surface area contributed by atoms with Gasteiger partial charge in [0, 0.05) is 17.3 Å². The molecule has 0 saturated heterocycles. The highest BCUT2D eigenvalue weighted by Gasteiger charge is 2.51. The van der Waals surface area contributed by atoms with Gasteiger partial charge in [-0.25, -0.2) is 4.98 Å².